The van der Waals surface area contributed by atoms with Gasteiger partial charge in [0.1, 0.15) is 5.60 Å². The standard InChI is InChI=1S/C16H24O3/c1-16(2,19)14-12-10-8-6-4-3-5-7-9-11-13-15(17)18/h19H,3-7,9,11,13H2,1-2H3,(H,17,18). The second kappa shape index (κ2) is 10.5. The summed E-state index contributed by atoms with van der Waals surface area (Å²) in [4.78, 5) is 10.3. The molecule has 0 fully saturated rings. The van der Waals surface area contributed by atoms with E-state index in [2.05, 4.69) is 23.7 Å². The van der Waals surface area contributed by atoms with Crippen molar-refractivity contribution in [3.8, 4) is 23.7 Å². The molecule has 0 unspecified atom stereocenters. The summed E-state index contributed by atoms with van der Waals surface area (Å²) < 4.78 is 0. The summed E-state index contributed by atoms with van der Waals surface area (Å²) in [6.07, 6.45) is 7.30. The first kappa shape index (κ1) is 17.6. The summed E-state index contributed by atoms with van der Waals surface area (Å²) in [5, 5.41) is 17.8. The molecule has 0 aliphatic rings. The maximum absolute atomic E-state index is 10.3. The van der Waals surface area contributed by atoms with E-state index in [0.717, 1.165) is 44.9 Å². The second-order valence-corrected chi connectivity index (χ2v) is 5.13. The molecular weight excluding hydrogens is 240 g/mol. The van der Waals surface area contributed by atoms with Crippen LogP contribution in [0.1, 0.15) is 65.2 Å². The molecule has 0 amide bonds. The van der Waals surface area contributed by atoms with E-state index in [0.29, 0.717) is 0 Å². The fraction of sp³-hybridized carbons (Fsp3) is 0.688. The summed E-state index contributed by atoms with van der Waals surface area (Å²) in [6.45, 7) is 3.26. The van der Waals surface area contributed by atoms with Crippen molar-refractivity contribution >= 4 is 5.97 Å². The van der Waals surface area contributed by atoms with Gasteiger partial charge in [-0.3, -0.25) is 4.79 Å². The zero-order valence-electron chi connectivity index (χ0n) is 12.0. The monoisotopic (exact) mass is 264 g/mol. The molecular formula is C16H24O3. The summed E-state index contributed by atoms with van der Waals surface area (Å²) in [5.41, 5.74) is -0.968. The van der Waals surface area contributed by atoms with Gasteiger partial charge in [-0.2, -0.15) is 0 Å². The third-order valence-electron chi connectivity index (χ3n) is 2.46. The fourth-order valence-electron chi connectivity index (χ4n) is 1.49. The van der Waals surface area contributed by atoms with E-state index in [9.17, 15) is 9.90 Å². The highest BCUT2D eigenvalue weighted by Crippen LogP contribution is 2.08. The van der Waals surface area contributed by atoms with Crippen molar-refractivity contribution in [1.29, 1.82) is 0 Å². The number of rotatable bonds is 8. The average molecular weight is 264 g/mol. The quantitative estimate of drug-likeness (QED) is 0.523. The number of hydrogen-bond donors (Lipinski definition) is 2. The Morgan fingerprint density at radius 1 is 1.00 bits per heavy atom. The maximum Gasteiger partial charge on any atom is 0.303 e. The summed E-state index contributed by atoms with van der Waals surface area (Å²) >= 11 is 0. The van der Waals surface area contributed by atoms with E-state index in [4.69, 9.17) is 5.11 Å². The minimum Gasteiger partial charge on any atom is -0.481 e. The number of hydrogen-bond acceptors (Lipinski definition) is 2. The topological polar surface area (TPSA) is 57.5 Å². The molecule has 0 aromatic heterocycles. The summed E-state index contributed by atoms with van der Waals surface area (Å²) in [5.74, 6) is 10.3. The third-order valence-corrected chi connectivity index (χ3v) is 2.46. The largest absolute Gasteiger partial charge is 0.481 e. The Kier molecular flexibility index (Phi) is 9.67. The molecule has 19 heavy (non-hydrogen) atoms. The van der Waals surface area contributed by atoms with Crippen LogP contribution in [-0.4, -0.2) is 21.8 Å². The van der Waals surface area contributed by atoms with Gasteiger partial charge in [-0.05, 0) is 38.5 Å². The molecule has 0 bridgehead atoms. The van der Waals surface area contributed by atoms with Gasteiger partial charge in [0.05, 0.1) is 0 Å². The normalized spacial score (nSPS) is 10.1. The van der Waals surface area contributed by atoms with E-state index in [1.54, 1.807) is 13.8 Å². The van der Waals surface area contributed by atoms with Crippen LogP contribution in [0.4, 0.5) is 0 Å². The van der Waals surface area contributed by atoms with E-state index >= 15 is 0 Å². The van der Waals surface area contributed by atoms with E-state index in [1.165, 1.54) is 0 Å². The first-order valence-electron chi connectivity index (χ1n) is 6.86. The van der Waals surface area contributed by atoms with Crippen LogP contribution in [0, 0.1) is 23.7 Å². The molecule has 0 aliphatic heterocycles. The first-order chi connectivity index (χ1) is 8.92. The molecule has 0 heterocycles. The zero-order valence-corrected chi connectivity index (χ0v) is 12.0. The predicted molar refractivity (Wildman–Crippen MR) is 76.4 cm³/mol. The van der Waals surface area contributed by atoms with Crippen LogP contribution >= 0.6 is 0 Å². The number of aliphatic hydroxyl groups is 1. The van der Waals surface area contributed by atoms with E-state index in [1.807, 2.05) is 0 Å². The smallest absolute Gasteiger partial charge is 0.303 e. The Morgan fingerprint density at radius 3 is 2.16 bits per heavy atom. The number of unbranched alkanes of at least 4 members (excludes halogenated alkanes) is 6. The lowest BCUT2D eigenvalue weighted by atomic mass is 10.1. The summed E-state index contributed by atoms with van der Waals surface area (Å²) in [7, 11) is 0. The van der Waals surface area contributed by atoms with Crippen LogP contribution in [0.5, 0.6) is 0 Å². The molecule has 0 radical (unpaired) electrons. The Labute approximate surface area is 116 Å². The van der Waals surface area contributed by atoms with Crippen molar-refractivity contribution in [2.24, 2.45) is 0 Å². The number of carbonyl (C=O) groups is 1. The zero-order chi connectivity index (χ0) is 14.6. The Hall–Kier alpha value is -1.45. The first-order valence-corrected chi connectivity index (χ1v) is 6.86. The van der Waals surface area contributed by atoms with Gasteiger partial charge in [-0.1, -0.05) is 37.5 Å². The lowest BCUT2D eigenvalue weighted by Crippen LogP contribution is -2.14. The van der Waals surface area contributed by atoms with Crippen LogP contribution in [0.3, 0.4) is 0 Å². The molecule has 3 heteroatoms. The van der Waals surface area contributed by atoms with Crippen molar-refractivity contribution in [1.82, 2.24) is 0 Å². The van der Waals surface area contributed by atoms with Crippen molar-refractivity contribution < 1.29 is 15.0 Å². The SMILES string of the molecule is CC(C)(O)C#CC#CCCCCCCCCC(=O)O. The van der Waals surface area contributed by atoms with Crippen LogP contribution in [0.15, 0.2) is 0 Å². The molecule has 0 rings (SSSR count). The molecule has 0 saturated heterocycles. The molecule has 0 atom stereocenters. The molecule has 3 nitrogen and oxygen atoms in total. The van der Waals surface area contributed by atoms with E-state index < -0.39 is 11.6 Å². The maximum atomic E-state index is 10.3. The molecule has 0 aromatic rings. The van der Waals surface area contributed by atoms with Gasteiger partial charge in [0.25, 0.3) is 0 Å². The van der Waals surface area contributed by atoms with Crippen molar-refractivity contribution in [3.05, 3.63) is 0 Å². The summed E-state index contributed by atoms with van der Waals surface area (Å²) in [6, 6.07) is 0. The van der Waals surface area contributed by atoms with Gasteiger partial charge in [0.15, 0.2) is 0 Å². The molecule has 0 aromatic carbocycles. The highest BCUT2D eigenvalue weighted by Gasteiger charge is 2.04. The third kappa shape index (κ3) is 16.6. The molecule has 2 N–H and O–H groups in total. The van der Waals surface area contributed by atoms with Gasteiger partial charge in [-0.15, -0.1) is 0 Å². The minimum atomic E-state index is -0.968. The Balaban J connectivity index is 3.38. The fourth-order valence-corrected chi connectivity index (χ4v) is 1.49. The number of aliphatic carboxylic acids is 1. The van der Waals surface area contributed by atoms with Gasteiger partial charge in [0.2, 0.25) is 0 Å². The number of carboxylic acid groups (broad SMARTS) is 1. The van der Waals surface area contributed by atoms with Gasteiger partial charge < -0.3 is 10.2 Å². The highest BCUT2D eigenvalue weighted by molar-refractivity contribution is 5.66. The lowest BCUT2D eigenvalue weighted by molar-refractivity contribution is -0.137. The van der Waals surface area contributed by atoms with Crippen molar-refractivity contribution in [2.75, 3.05) is 0 Å². The predicted octanol–water partition coefficient (Wildman–Crippen LogP) is 2.97. The number of carboxylic acids is 1. The van der Waals surface area contributed by atoms with Gasteiger partial charge >= 0.3 is 5.97 Å². The highest BCUT2D eigenvalue weighted by atomic mass is 16.4. The van der Waals surface area contributed by atoms with Crippen LogP contribution in [0.2, 0.25) is 0 Å². The Bertz CT molecular complexity index is 369. The lowest BCUT2D eigenvalue weighted by Gasteiger charge is -2.04. The molecule has 106 valence electrons. The molecule has 0 saturated carbocycles. The Morgan fingerprint density at radius 2 is 1.58 bits per heavy atom. The minimum absolute atomic E-state index is 0.283. The van der Waals surface area contributed by atoms with E-state index in [-0.39, 0.29) is 6.42 Å². The van der Waals surface area contributed by atoms with Crippen LogP contribution < -0.4 is 0 Å². The van der Waals surface area contributed by atoms with Crippen molar-refractivity contribution in [2.45, 2.75) is 70.8 Å². The molecule has 0 spiro atoms. The molecule has 0 aliphatic carbocycles. The van der Waals surface area contributed by atoms with Gasteiger partial charge in [-0.25, -0.2) is 0 Å². The second-order valence-electron chi connectivity index (χ2n) is 5.13. The van der Waals surface area contributed by atoms with Crippen LogP contribution in [-0.2, 0) is 4.79 Å². The van der Waals surface area contributed by atoms with Gasteiger partial charge in [0, 0.05) is 12.8 Å². The van der Waals surface area contributed by atoms with Crippen LogP contribution in [0.25, 0.3) is 0 Å². The average Bonchev–Trinajstić information content (AvgIpc) is 2.28. The van der Waals surface area contributed by atoms with Crippen molar-refractivity contribution in [3.63, 3.8) is 0 Å².